The van der Waals surface area contributed by atoms with Crippen LogP contribution in [0.1, 0.15) is 25.5 Å². The molecule has 0 bridgehead atoms. The van der Waals surface area contributed by atoms with Gasteiger partial charge in [-0.2, -0.15) is 0 Å². The number of hydrogen-bond donors (Lipinski definition) is 0. The average molecular weight is 216 g/mol. The Bertz CT molecular complexity index is 535. The van der Waals surface area contributed by atoms with E-state index in [1.54, 1.807) is 10.7 Å². The molecule has 0 saturated carbocycles. The number of hydrogen-bond acceptors (Lipinski definition) is 1. The molecule has 1 aromatic carbocycles. The van der Waals surface area contributed by atoms with E-state index in [0.717, 1.165) is 11.4 Å². The Kier molecular flexibility index (Phi) is 2.69. The van der Waals surface area contributed by atoms with E-state index in [4.69, 9.17) is 0 Å². The third-order valence-electron chi connectivity index (χ3n) is 2.75. The van der Waals surface area contributed by atoms with Crippen LogP contribution in [-0.2, 0) is 7.05 Å². The Morgan fingerprint density at radius 2 is 1.75 bits per heavy atom. The molecule has 0 N–H and O–H groups in total. The second-order valence-electron chi connectivity index (χ2n) is 4.23. The highest BCUT2D eigenvalue weighted by Crippen LogP contribution is 2.13. The fraction of sp³-hybridized carbons (Fsp3) is 0.308. The minimum absolute atomic E-state index is 0.0254. The molecule has 3 nitrogen and oxygen atoms in total. The Balaban J connectivity index is 2.63. The van der Waals surface area contributed by atoms with Gasteiger partial charge < -0.3 is 0 Å². The Labute approximate surface area is 94.9 Å². The molecule has 84 valence electrons. The van der Waals surface area contributed by atoms with Gasteiger partial charge in [0, 0.05) is 18.8 Å². The van der Waals surface area contributed by atoms with Crippen LogP contribution in [0.3, 0.4) is 0 Å². The van der Waals surface area contributed by atoms with Crippen molar-refractivity contribution >= 4 is 0 Å². The second-order valence-corrected chi connectivity index (χ2v) is 4.23. The summed E-state index contributed by atoms with van der Waals surface area (Å²) >= 11 is 0. The van der Waals surface area contributed by atoms with Crippen molar-refractivity contribution in [2.24, 2.45) is 7.05 Å². The van der Waals surface area contributed by atoms with Crippen LogP contribution in [0.2, 0.25) is 0 Å². The van der Waals surface area contributed by atoms with Gasteiger partial charge in [0.1, 0.15) is 0 Å². The summed E-state index contributed by atoms with van der Waals surface area (Å²) in [4.78, 5) is 11.9. The molecule has 0 radical (unpaired) electrons. The SMILES string of the molecule is CC(C)c1cc(=O)n(-c2ccccc2)n1C. The fourth-order valence-electron chi connectivity index (χ4n) is 1.95. The zero-order chi connectivity index (χ0) is 11.7. The van der Waals surface area contributed by atoms with Gasteiger partial charge in [0.25, 0.3) is 5.56 Å². The molecule has 0 aliphatic heterocycles. The molecule has 0 saturated heterocycles. The molecule has 2 rings (SSSR count). The van der Waals surface area contributed by atoms with E-state index in [-0.39, 0.29) is 5.56 Å². The summed E-state index contributed by atoms with van der Waals surface area (Å²) in [5.41, 5.74) is 1.98. The van der Waals surface area contributed by atoms with Crippen LogP contribution in [0.5, 0.6) is 0 Å². The van der Waals surface area contributed by atoms with Crippen LogP contribution in [0.25, 0.3) is 5.69 Å². The smallest absolute Gasteiger partial charge is 0.271 e. The van der Waals surface area contributed by atoms with Crippen molar-refractivity contribution < 1.29 is 0 Å². The second kappa shape index (κ2) is 4.00. The minimum atomic E-state index is 0.0254. The van der Waals surface area contributed by atoms with Crippen LogP contribution in [0.15, 0.2) is 41.2 Å². The normalized spacial score (nSPS) is 11.0. The number of aromatic nitrogens is 2. The molecular formula is C13H16N2O. The maximum atomic E-state index is 11.9. The molecule has 2 aromatic rings. The highest BCUT2D eigenvalue weighted by molar-refractivity contribution is 5.31. The fourth-order valence-corrected chi connectivity index (χ4v) is 1.95. The van der Waals surface area contributed by atoms with Crippen LogP contribution < -0.4 is 5.56 Å². The van der Waals surface area contributed by atoms with Crippen molar-refractivity contribution in [3.63, 3.8) is 0 Å². The third kappa shape index (κ3) is 1.69. The van der Waals surface area contributed by atoms with E-state index >= 15 is 0 Å². The molecular weight excluding hydrogens is 200 g/mol. The van der Waals surface area contributed by atoms with Gasteiger partial charge in [0.2, 0.25) is 0 Å². The molecule has 0 unspecified atom stereocenters. The number of para-hydroxylation sites is 1. The summed E-state index contributed by atoms with van der Waals surface area (Å²) in [7, 11) is 1.92. The summed E-state index contributed by atoms with van der Waals surface area (Å²) < 4.78 is 3.61. The maximum Gasteiger partial charge on any atom is 0.271 e. The molecule has 0 fully saturated rings. The molecule has 0 spiro atoms. The zero-order valence-corrected chi connectivity index (χ0v) is 9.84. The van der Waals surface area contributed by atoms with Gasteiger partial charge in [0.05, 0.1) is 5.69 Å². The van der Waals surface area contributed by atoms with E-state index in [1.165, 1.54) is 0 Å². The van der Waals surface area contributed by atoms with Gasteiger partial charge in [-0.05, 0) is 18.1 Å². The van der Waals surface area contributed by atoms with Gasteiger partial charge in [0.15, 0.2) is 0 Å². The zero-order valence-electron chi connectivity index (χ0n) is 9.84. The molecule has 0 aliphatic carbocycles. The van der Waals surface area contributed by atoms with Crippen molar-refractivity contribution in [2.45, 2.75) is 19.8 Å². The lowest BCUT2D eigenvalue weighted by molar-refractivity contribution is 0.595. The monoisotopic (exact) mass is 216 g/mol. The topological polar surface area (TPSA) is 26.9 Å². The lowest BCUT2D eigenvalue weighted by Crippen LogP contribution is -2.19. The van der Waals surface area contributed by atoms with Gasteiger partial charge in [-0.3, -0.25) is 9.48 Å². The van der Waals surface area contributed by atoms with E-state index < -0.39 is 0 Å². The number of nitrogens with zero attached hydrogens (tertiary/aromatic N) is 2. The summed E-state index contributed by atoms with van der Waals surface area (Å²) in [6, 6.07) is 11.4. The third-order valence-corrected chi connectivity index (χ3v) is 2.75. The summed E-state index contributed by atoms with van der Waals surface area (Å²) in [5, 5.41) is 0. The van der Waals surface area contributed by atoms with Crippen LogP contribution in [-0.4, -0.2) is 9.36 Å². The largest absolute Gasteiger partial charge is 0.285 e. The van der Waals surface area contributed by atoms with E-state index in [0.29, 0.717) is 5.92 Å². The molecule has 0 aliphatic rings. The predicted octanol–water partition coefficient (Wildman–Crippen LogP) is 2.30. The molecule has 16 heavy (non-hydrogen) atoms. The summed E-state index contributed by atoms with van der Waals surface area (Å²) in [6.45, 7) is 4.17. The average Bonchev–Trinajstić information content (AvgIpc) is 2.56. The van der Waals surface area contributed by atoms with Gasteiger partial charge in [-0.15, -0.1) is 0 Å². The first-order chi connectivity index (χ1) is 7.61. The van der Waals surface area contributed by atoms with Crippen molar-refractivity contribution in [1.29, 1.82) is 0 Å². The molecule has 1 heterocycles. The number of benzene rings is 1. The van der Waals surface area contributed by atoms with Crippen molar-refractivity contribution in [2.75, 3.05) is 0 Å². The quantitative estimate of drug-likeness (QED) is 0.756. The van der Waals surface area contributed by atoms with Crippen molar-refractivity contribution in [3.8, 4) is 5.69 Å². The molecule has 0 atom stereocenters. The van der Waals surface area contributed by atoms with E-state index in [9.17, 15) is 4.79 Å². The standard InChI is InChI=1S/C13H16N2O/c1-10(2)12-9-13(16)15(14(12)3)11-7-5-4-6-8-11/h4-10H,1-3H3. The molecule has 3 heteroatoms. The van der Waals surface area contributed by atoms with Gasteiger partial charge in [-0.1, -0.05) is 32.0 Å². The maximum absolute atomic E-state index is 11.9. The van der Waals surface area contributed by atoms with Gasteiger partial charge >= 0.3 is 0 Å². The summed E-state index contributed by atoms with van der Waals surface area (Å²) in [6.07, 6.45) is 0. The van der Waals surface area contributed by atoms with Crippen LogP contribution in [0, 0.1) is 0 Å². The van der Waals surface area contributed by atoms with E-state index in [2.05, 4.69) is 13.8 Å². The summed E-state index contributed by atoms with van der Waals surface area (Å²) in [5.74, 6) is 0.350. The first kappa shape index (κ1) is 10.7. The Hall–Kier alpha value is -1.77. The minimum Gasteiger partial charge on any atom is -0.285 e. The first-order valence-electron chi connectivity index (χ1n) is 5.45. The van der Waals surface area contributed by atoms with Gasteiger partial charge in [-0.25, -0.2) is 4.68 Å². The lowest BCUT2D eigenvalue weighted by Gasteiger charge is -2.11. The number of rotatable bonds is 2. The van der Waals surface area contributed by atoms with Crippen LogP contribution >= 0.6 is 0 Å². The van der Waals surface area contributed by atoms with E-state index in [1.807, 2.05) is 42.1 Å². The Morgan fingerprint density at radius 3 is 2.25 bits per heavy atom. The van der Waals surface area contributed by atoms with Crippen molar-refractivity contribution in [1.82, 2.24) is 9.36 Å². The predicted molar refractivity (Wildman–Crippen MR) is 65.1 cm³/mol. The highest BCUT2D eigenvalue weighted by atomic mass is 16.1. The van der Waals surface area contributed by atoms with Crippen molar-refractivity contribution in [3.05, 3.63) is 52.4 Å². The first-order valence-corrected chi connectivity index (χ1v) is 5.45. The molecule has 0 amide bonds. The highest BCUT2D eigenvalue weighted by Gasteiger charge is 2.11. The molecule has 1 aromatic heterocycles. The Morgan fingerprint density at radius 1 is 1.12 bits per heavy atom. The van der Waals surface area contributed by atoms with Crippen LogP contribution in [0.4, 0.5) is 0 Å². The lowest BCUT2D eigenvalue weighted by atomic mass is 10.1.